The van der Waals surface area contributed by atoms with Crippen molar-refractivity contribution in [2.24, 2.45) is 11.8 Å². The first-order valence-corrected chi connectivity index (χ1v) is 6.67. The molecule has 108 valence electrons. The summed E-state index contributed by atoms with van der Waals surface area (Å²) in [7, 11) is 0. The maximum atomic E-state index is 11.5. The lowest BCUT2D eigenvalue weighted by Gasteiger charge is -2.32. The van der Waals surface area contributed by atoms with Crippen LogP contribution in [-0.4, -0.2) is 35.5 Å². The van der Waals surface area contributed by atoms with Crippen molar-refractivity contribution >= 4 is 17.8 Å². The Morgan fingerprint density at radius 3 is 2.37 bits per heavy atom. The van der Waals surface area contributed by atoms with E-state index in [0.717, 1.165) is 6.42 Å². The van der Waals surface area contributed by atoms with Crippen LogP contribution in [0.25, 0.3) is 0 Å². The number of rotatable bonds is 7. The number of amides is 2. The Bertz CT molecular complexity index is 349. The molecule has 3 N–H and O–H groups in total. The van der Waals surface area contributed by atoms with Crippen molar-refractivity contribution in [2.75, 3.05) is 6.54 Å². The molecule has 19 heavy (non-hydrogen) atoms. The molecule has 0 aromatic rings. The van der Waals surface area contributed by atoms with Crippen LogP contribution in [0.1, 0.15) is 39.5 Å². The summed E-state index contributed by atoms with van der Waals surface area (Å²) in [6.45, 7) is 4.04. The molecule has 0 spiro atoms. The first kappa shape index (κ1) is 15.5. The maximum absolute atomic E-state index is 11.5. The molecule has 1 rings (SSSR count). The summed E-state index contributed by atoms with van der Waals surface area (Å²) in [5.41, 5.74) is 0. The lowest BCUT2D eigenvalue weighted by Crippen LogP contribution is -2.49. The summed E-state index contributed by atoms with van der Waals surface area (Å²) in [6, 6.07) is -0.0684. The molecular formula is C13H22N2O4. The van der Waals surface area contributed by atoms with Gasteiger partial charge in [0.25, 0.3) is 0 Å². The van der Waals surface area contributed by atoms with E-state index in [0.29, 0.717) is 25.2 Å². The van der Waals surface area contributed by atoms with Gasteiger partial charge in [0.15, 0.2) is 0 Å². The normalized spacial score (nSPS) is 21.6. The van der Waals surface area contributed by atoms with Crippen LogP contribution < -0.4 is 10.6 Å². The second-order valence-electron chi connectivity index (χ2n) is 5.48. The highest BCUT2D eigenvalue weighted by molar-refractivity contribution is 5.85. The van der Waals surface area contributed by atoms with Gasteiger partial charge in [0.05, 0.1) is 12.5 Å². The summed E-state index contributed by atoms with van der Waals surface area (Å²) in [4.78, 5) is 33.5. The van der Waals surface area contributed by atoms with E-state index in [-0.39, 0.29) is 30.3 Å². The van der Waals surface area contributed by atoms with Gasteiger partial charge in [-0.1, -0.05) is 13.8 Å². The molecule has 0 aromatic heterocycles. The van der Waals surface area contributed by atoms with Crippen LogP contribution in [0, 0.1) is 11.8 Å². The van der Waals surface area contributed by atoms with Crippen LogP contribution in [-0.2, 0) is 14.4 Å². The van der Waals surface area contributed by atoms with E-state index >= 15 is 0 Å². The molecule has 1 aliphatic carbocycles. The van der Waals surface area contributed by atoms with Crippen LogP contribution in [0.5, 0.6) is 0 Å². The molecule has 0 radical (unpaired) electrons. The summed E-state index contributed by atoms with van der Waals surface area (Å²) in [5, 5.41) is 14.0. The van der Waals surface area contributed by atoms with Gasteiger partial charge in [0, 0.05) is 12.5 Å². The Labute approximate surface area is 112 Å². The van der Waals surface area contributed by atoms with Crippen molar-refractivity contribution in [3.63, 3.8) is 0 Å². The number of hydrogen-bond donors (Lipinski definition) is 3. The number of carboxylic acids is 1. The van der Waals surface area contributed by atoms with Gasteiger partial charge in [-0.3, -0.25) is 14.4 Å². The Morgan fingerprint density at radius 1 is 1.21 bits per heavy atom. The van der Waals surface area contributed by atoms with Crippen molar-refractivity contribution < 1.29 is 19.5 Å². The van der Waals surface area contributed by atoms with Gasteiger partial charge >= 0.3 is 5.97 Å². The zero-order valence-corrected chi connectivity index (χ0v) is 11.4. The number of hydrogen-bond acceptors (Lipinski definition) is 3. The summed E-state index contributed by atoms with van der Waals surface area (Å²) < 4.78 is 0. The lowest BCUT2D eigenvalue weighted by molar-refractivity contribution is -0.146. The van der Waals surface area contributed by atoms with Gasteiger partial charge in [0.2, 0.25) is 11.8 Å². The molecule has 6 heteroatoms. The smallest absolute Gasteiger partial charge is 0.306 e. The number of carboxylic acid groups (broad SMARTS) is 1. The van der Waals surface area contributed by atoms with Gasteiger partial charge in [0.1, 0.15) is 0 Å². The standard InChI is InChI=1S/C13H22N2O4/c1-8(2)3-4-11(16)14-7-12(17)15-10-5-9(6-10)13(18)19/h8-10H,3-7H2,1-2H3,(H,14,16)(H,15,17)(H,18,19). The van der Waals surface area contributed by atoms with Crippen LogP contribution in [0.15, 0.2) is 0 Å². The highest BCUT2D eigenvalue weighted by Crippen LogP contribution is 2.27. The summed E-state index contributed by atoms with van der Waals surface area (Å²) >= 11 is 0. The predicted molar refractivity (Wildman–Crippen MR) is 69.4 cm³/mol. The van der Waals surface area contributed by atoms with E-state index in [1.54, 1.807) is 0 Å². The average molecular weight is 270 g/mol. The molecular weight excluding hydrogens is 248 g/mol. The lowest BCUT2D eigenvalue weighted by atomic mass is 9.80. The Hall–Kier alpha value is -1.59. The monoisotopic (exact) mass is 270 g/mol. The molecule has 0 bridgehead atoms. The van der Waals surface area contributed by atoms with Crippen LogP contribution >= 0.6 is 0 Å². The van der Waals surface area contributed by atoms with Crippen LogP contribution in [0.3, 0.4) is 0 Å². The summed E-state index contributed by atoms with van der Waals surface area (Å²) in [6.07, 6.45) is 2.18. The fraction of sp³-hybridized carbons (Fsp3) is 0.769. The van der Waals surface area contributed by atoms with E-state index in [9.17, 15) is 14.4 Å². The Kier molecular flexibility index (Phi) is 5.79. The van der Waals surface area contributed by atoms with E-state index in [4.69, 9.17) is 5.11 Å². The molecule has 0 heterocycles. The van der Waals surface area contributed by atoms with Gasteiger partial charge in [-0.2, -0.15) is 0 Å². The van der Waals surface area contributed by atoms with Gasteiger partial charge < -0.3 is 15.7 Å². The van der Waals surface area contributed by atoms with E-state index in [1.807, 2.05) is 13.8 Å². The molecule has 0 atom stereocenters. The first-order chi connectivity index (χ1) is 8.88. The SMILES string of the molecule is CC(C)CCC(=O)NCC(=O)NC1CC(C(=O)O)C1. The van der Waals surface area contributed by atoms with Crippen molar-refractivity contribution in [1.82, 2.24) is 10.6 Å². The Balaban J connectivity index is 2.09. The van der Waals surface area contributed by atoms with Crippen molar-refractivity contribution in [3.05, 3.63) is 0 Å². The van der Waals surface area contributed by atoms with Gasteiger partial charge in [-0.05, 0) is 25.2 Å². The molecule has 0 aromatic carbocycles. The van der Waals surface area contributed by atoms with Crippen LogP contribution in [0.4, 0.5) is 0 Å². The highest BCUT2D eigenvalue weighted by Gasteiger charge is 2.35. The van der Waals surface area contributed by atoms with E-state index in [1.165, 1.54) is 0 Å². The quantitative estimate of drug-likeness (QED) is 0.628. The van der Waals surface area contributed by atoms with E-state index < -0.39 is 5.97 Å². The highest BCUT2D eigenvalue weighted by atomic mass is 16.4. The molecule has 6 nitrogen and oxygen atoms in total. The summed E-state index contributed by atoms with van der Waals surface area (Å²) in [5.74, 6) is -1.08. The number of nitrogens with one attached hydrogen (secondary N) is 2. The molecule has 0 unspecified atom stereocenters. The fourth-order valence-electron chi connectivity index (χ4n) is 1.90. The zero-order chi connectivity index (χ0) is 14.4. The third-order valence-electron chi connectivity index (χ3n) is 3.25. The predicted octanol–water partition coefficient (Wildman–Crippen LogP) is 0.518. The average Bonchev–Trinajstić information content (AvgIpc) is 2.27. The zero-order valence-electron chi connectivity index (χ0n) is 11.4. The van der Waals surface area contributed by atoms with Crippen molar-refractivity contribution in [1.29, 1.82) is 0 Å². The largest absolute Gasteiger partial charge is 0.481 e. The Morgan fingerprint density at radius 2 is 1.84 bits per heavy atom. The molecule has 1 saturated carbocycles. The minimum atomic E-state index is -0.813. The van der Waals surface area contributed by atoms with Gasteiger partial charge in [-0.25, -0.2) is 0 Å². The minimum absolute atomic E-state index is 0.0365. The number of aliphatic carboxylic acids is 1. The number of carbonyl (C=O) groups excluding carboxylic acids is 2. The third-order valence-corrected chi connectivity index (χ3v) is 3.25. The fourth-order valence-corrected chi connectivity index (χ4v) is 1.90. The van der Waals surface area contributed by atoms with Gasteiger partial charge in [-0.15, -0.1) is 0 Å². The van der Waals surface area contributed by atoms with Crippen molar-refractivity contribution in [2.45, 2.75) is 45.6 Å². The number of carbonyl (C=O) groups is 3. The minimum Gasteiger partial charge on any atom is -0.481 e. The first-order valence-electron chi connectivity index (χ1n) is 6.67. The van der Waals surface area contributed by atoms with E-state index in [2.05, 4.69) is 10.6 Å². The molecule has 0 saturated heterocycles. The van der Waals surface area contributed by atoms with Crippen LogP contribution in [0.2, 0.25) is 0 Å². The topological polar surface area (TPSA) is 95.5 Å². The second kappa shape index (κ2) is 7.11. The second-order valence-corrected chi connectivity index (χ2v) is 5.48. The molecule has 2 amide bonds. The molecule has 1 fully saturated rings. The third kappa shape index (κ3) is 5.72. The van der Waals surface area contributed by atoms with Crippen molar-refractivity contribution in [3.8, 4) is 0 Å². The molecule has 1 aliphatic rings. The molecule has 0 aliphatic heterocycles. The maximum Gasteiger partial charge on any atom is 0.306 e.